The molecule has 0 fully saturated rings. The van der Waals surface area contributed by atoms with Crippen LogP contribution in [0, 0.1) is 0 Å². The maximum absolute atomic E-state index is 12.8. The summed E-state index contributed by atoms with van der Waals surface area (Å²) in [5.41, 5.74) is -0.515. The fraction of sp³-hybridized carbons (Fsp3) is 0.167. The summed E-state index contributed by atoms with van der Waals surface area (Å²) in [6.07, 6.45) is -4.53. The lowest BCUT2D eigenvalue weighted by Crippen LogP contribution is -2.38. The lowest BCUT2D eigenvalue weighted by molar-refractivity contribution is -0.137. The number of benzene rings is 2. The van der Waals surface area contributed by atoms with E-state index in [0.29, 0.717) is 5.69 Å². The molecule has 1 unspecified atom stereocenters. The number of rotatable bonds is 3. The smallest absolute Gasteiger partial charge is 0.311 e. The Balaban J connectivity index is 1.89. The molecule has 3 rings (SSSR count). The highest BCUT2D eigenvalue weighted by molar-refractivity contribution is 6.21. The molecule has 1 N–H and O–H groups in total. The lowest BCUT2D eigenvalue weighted by Gasteiger charge is -2.11. The molecule has 0 aliphatic carbocycles. The molecule has 2 aromatic carbocycles. The van der Waals surface area contributed by atoms with E-state index >= 15 is 0 Å². The standard InChI is InChI=1S/C18H14F3N5O2/c1-11(27)22-16-15(17(28)26(25-16)14-8-3-2-4-9-14)24-23-13-7-5-6-12(10-13)18(19,20)21/h2-10,15H,1H3,(H,22,25,27). The molecule has 0 spiro atoms. The van der Waals surface area contributed by atoms with Crippen LogP contribution in [0.25, 0.3) is 0 Å². The van der Waals surface area contributed by atoms with Crippen molar-refractivity contribution in [2.75, 3.05) is 5.01 Å². The zero-order valence-electron chi connectivity index (χ0n) is 14.5. The molecule has 10 heteroatoms. The van der Waals surface area contributed by atoms with E-state index in [0.717, 1.165) is 17.1 Å². The van der Waals surface area contributed by atoms with E-state index in [1.807, 2.05) is 0 Å². The van der Waals surface area contributed by atoms with E-state index in [4.69, 9.17) is 0 Å². The van der Waals surface area contributed by atoms with Crippen molar-refractivity contribution in [3.05, 3.63) is 60.2 Å². The van der Waals surface area contributed by atoms with Gasteiger partial charge in [-0.25, -0.2) is 0 Å². The van der Waals surface area contributed by atoms with Gasteiger partial charge in [-0.3, -0.25) is 9.59 Å². The van der Waals surface area contributed by atoms with Crippen LogP contribution in [0.2, 0.25) is 0 Å². The number of hydrogen-bond donors (Lipinski definition) is 1. The van der Waals surface area contributed by atoms with Crippen LogP contribution in [-0.4, -0.2) is 23.7 Å². The van der Waals surface area contributed by atoms with E-state index in [1.54, 1.807) is 30.3 Å². The number of para-hydroxylation sites is 1. The van der Waals surface area contributed by atoms with Crippen LogP contribution < -0.4 is 10.3 Å². The number of amidine groups is 1. The van der Waals surface area contributed by atoms with Gasteiger partial charge in [0, 0.05) is 6.92 Å². The van der Waals surface area contributed by atoms with Gasteiger partial charge in [0.05, 0.1) is 16.9 Å². The molecule has 0 saturated carbocycles. The van der Waals surface area contributed by atoms with Crippen molar-refractivity contribution in [3.8, 4) is 0 Å². The maximum atomic E-state index is 12.8. The average molecular weight is 389 g/mol. The van der Waals surface area contributed by atoms with E-state index in [-0.39, 0.29) is 11.5 Å². The molecule has 2 amide bonds. The van der Waals surface area contributed by atoms with Gasteiger partial charge in [0.1, 0.15) is 0 Å². The molecule has 0 bridgehead atoms. The van der Waals surface area contributed by atoms with Gasteiger partial charge in [0.25, 0.3) is 5.91 Å². The topological polar surface area (TPSA) is 86.5 Å². The molecule has 1 aliphatic rings. The number of alkyl halides is 3. The van der Waals surface area contributed by atoms with Gasteiger partial charge >= 0.3 is 6.18 Å². The van der Waals surface area contributed by atoms with E-state index < -0.39 is 29.6 Å². The SMILES string of the molecule is CC(=O)NC1=NN(c2ccccc2)C(=O)C1N=Nc1cccc(C(F)(F)F)c1. The molecule has 1 heterocycles. The van der Waals surface area contributed by atoms with E-state index in [9.17, 15) is 22.8 Å². The summed E-state index contributed by atoms with van der Waals surface area (Å²) in [6.45, 7) is 1.24. The number of hydrazone groups is 1. The number of azo groups is 1. The third-order valence-electron chi connectivity index (χ3n) is 3.68. The van der Waals surface area contributed by atoms with Gasteiger partial charge in [-0.1, -0.05) is 24.3 Å². The number of amides is 2. The van der Waals surface area contributed by atoms with Crippen LogP contribution in [0.3, 0.4) is 0 Å². The van der Waals surface area contributed by atoms with Crippen molar-refractivity contribution in [3.63, 3.8) is 0 Å². The first kappa shape index (κ1) is 19.2. The summed E-state index contributed by atoms with van der Waals surface area (Å²) >= 11 is 0. The van der Waals surface area contributed by atoms with Gasteiger partial charge in [0.15, 0.2) is 5.84 Å². The Morgan fingerprint density at radius 1 is 1.14 bits per heavy atom. The molecule has 28 heavy (non-hydrogen) atoms. The van der Waals surface area contributed by atoms with Gasteiger partial charge in [-0.05, 0) is 30.3 Å². The zero-order valence-corrected chi connectivity index (χ0v) is 14.5. The highest BCUT2D eigenvalue weighted by Crippen LogP contribution is 2.31. The molecule has 144 valence electrons. The van der Waals surface area contributed by atoms with Crippen molar-refractivity contribution in [2.45, 2.75) is 19.1 Å². The Kier molecular flexibility index (Phi) is 5.21. The molecule has 0 radical (unpaired) electrons. The second-order valence-corrected chi connectivity index (χ2v) is 5.82. The highest BCUT2D eigenvalue weighted by atomic mass is 19.4. The molecule has 0 aromatic heterocycles. The first-order valence-corrected chi connectivity index (χ1v) is 8.09. The second-order valence-electron chi connectivity index (χ2n) is 5.82. The summed E-state index contributed by atoms with van der Waals surface area (Å²) in [4.78, 5) is 24.1. The minimum Gasteiger partial charge on any atom is -0.311 e. The van der Waals surface area contributed by atoms with Crippen molar-refractivity contribution in [1.82, 2.24) is 5.32 Å². The minimum atomic E-state index is -4.53. The Hall–Kier alpha value is -3.56. The lowest BCUT2D eigenvalue weighted by atomic mass is 10.2. The Bertz CT molecular complexity index is 957. The third-order valence-corrected chi connectivity index (χ3v) is 3.68. The Labute approximate surface area is 157 Å². The van der Waals surface area contributed by atoms with Crippen LogP contribution in [-0.2, 0) is 15.8 Å². The minimum absolute atomic E-state index is 0.0583. The Morgan fingerprint density at radius 3 is 2.50 bits per heavy atom. The average Bonchev–Trinajstić information content (AvgIpc) is 2.95. The van der Waals surface area contributed by atoms with E-state index in [2.05, 4.69) is 20.6 Å². The van der Waals surface area contributed by atoms with Crippen LogP contribution in [0.4, 0.5) is 24.5 Å². The van der Waals surface area contributed by atoms with Gasteiger partial charge in [-0.15, -0.1) is 5.10 Å². The van der Waals surface area contributed by atoms with E-state index in [1.165, 1.54) is 19.1 Å². The largest absolute Gasteiger partial charge is 0.416 e. The monoisotopic (exact) mass is 389 g/mol. The van der Waals surface area contributed by atoms with Crippen LogP contribution in [0.5, 0.6) is 0 Å². The summed E-state index contributed by atoms with van der Waals surface area (Å²) < 4.78 is 38.4. The summed E-state index contributed by atoms with van der Waals surface area (Å²) in [7, 11) is 0. The third kappa shape index (κ3) is 4.22. The number of anilines is 1. The predicted molar refractivity (Wildman–Crippen MR) is 94.9 cm³/mol. The Morgan fingerprint density at radius 2 is 1.86 bits per heavy atom. The van der Waals surface area contributed by atoms with Crippen LogP contribution >= 0.6 is 0 Å². The molecule has 1 atom stereocenters. The number of carbonyl (C=O) groups excluding carboxylic acids is 2. The predicted octanol–water partition coefficient (Wildman–Crippen LogP) is 3.65. The van der Waals surface area contributed by atoms with Gasteiger partial charge in [0.2, 0.25) is 11.9 Å². The van der Waals surface area contributed by atoms with Crippen LogP contribution in [0.1, 0.15) is 12.5 Å². The summed E-state index contributed by atoms with van der Waals surface area (Å²) in [5, 5.41) is 15.1. The van der Waals surface area contributed by atoms with Crippen molar-refractivity contribution >= 4 is 29.0 Å². The van der Waals surface area contributed by atoms with Gasteiger partial charge < -0.3 is 5.32 Å². The maximum Gasteiger partial charge on any atom is 0.416 e. The highest BCUT2D eigenvalue weighted by Gasteiger charge is 2.38. The molecule has 7 nitrogen and oxygen atoms in total. The van der Waals surface area contributed by atoms with Crippen molar-refractivity contribution in [2.24, 2.45) is 15.3 Å². The second kappa shape index (κ2) is 7.59. The zero-order chi connectivity index (χ0) is 20.3. The molecule has 0 saturated heterocycles. The fourth-order valence-electron chi connectivity index (χ4n) is 2.45. The quantitative estimate of drug-likeness (QED) is 0.813. The first-order valence-electron chi connectivity index (χ1n) is 8.09. The molecule has 2 aromatic rings. The summed E-state index contributed by atoms with van der Waals surface area (Å²) in [6, 6.07) is 11.4. The van der Waals surface area contributed by atoms with Crippen molar-refractivity contribution in [1.29, 1.82) is 0 Å². The number of nitrogens with zero attached hydrogens (tertiary/aromatic N) is 4. The normalized spacial score (nSPS) is 17.1. The number of hydrogen-bond acceptors (Lipinski definition) is 5. The number of carbonyl (C=O) groups is 2. The number of nitrogens with one attached hydrogen (secondary N) is 1. The van der Waals surface area contributed by atoms with Crippen molar-refractivity contribution < 1.29 is 22.8 Å². The van der Waals surface area contributed by atoms with Gasteiger partial charge in [-0.2, -0.15) is 28.4 Å². The molecule has 1 aliphatic heterocycles. The first-order chi connectivity index (χ1) is 13.3. The fourth-order valence-corrected chi connectivity index (χ4v) is 2.45. The molecular weight excluding hydrogens is 375 g/mol. The molecular formula is C18H14F3N5O2. The summed E-state index contributed by atoms with van der Waals surface area (Å²) in [5.74, 6) is -1.12. The van der Waals surface area contributed by atoms with Crippen LogP contribution in [0.15, 0.2) is 69.9 Å². The number of halogens is 3.